The fourth-order valence-corrected chi connectivity index (χ4v) is 1.63. The van der Waals surface area contributed by atoms with E-state index in [1.54, 1.807) is 6.20 Å². The van der Waals surface area contributed by atoms with Crippen molar-refractivity contribution in [3.63, 3.8) is 0 Å². The van der Waals surface area contributed by atoms with Crippen molar-refractivity contribution in [2.75, 3.05) is 6.61 Å². The van der Waals surface area contributed by atoms with Crippen LogP contribution in [0.15, 0.2) is 6.20 Å². The van der Waals surface area contributed by atoms with Gasteiger partial charge in [0.15, 0.2) is 0 Å². The molecule has 0 unspecified atom stereocenters. The number of hydrogen-bond donors (Lipinski definition) is 0. The molecule has 0 aliphatic rings. The van der Waals surface area contributed by atoms with Crippen molar-refractivity contribution in [2.24, 2.45) is 0 Å². The Labute approximate surface area is 102 Å². The first kappa shape index (κ1) is 13.2. The molecule has 1 heterocycles. The lowest BCUT2D eigenvalue weighted by molar-refractivity contribution is 0.281. The Kier molecular flexibility index (Phi) is 6.16. The quantitative estimate of drug-likeness (QED) is 0.542. The summed E-state index contributed by atoms with van der Waals surface area (Å²) >= 11 is 5.73. The normalized spacial score (nSPS) is 10.4. The zero-order valence-electron chi connectivity index (χ0n) is 10.0. The highest BCUT2D eigenvalue weighted by molar-refractivity contribution is 6.17. The molecule has 0 aliphatic carbocycles. The van der Waals surface area contributed by atoms with E-state index in [2.05, 4.69) is 16.9 Å². The largest absolute Gasteiger partial charge is 0.463 e. The van der Waals surface area contributed by atoms with Crippen molar-refractivity contribution in [3.8, 4) is 6.01 Å². The van der Waals surface area contributed by atoms with Crippen LogP contribution in [0.1, 0.15) is 43.9 Å². The summed E-state index contributed by atoms with van der Waals surface area (Å²) in [5, 5.41) is 0. The summed E-state index contributed by atoms with van der Waals surface area (Å²) in [7, 11) is 0. The van der Waals surface area contributed by atoms with E-state index in [0.717, 1.165) is 17.7 Å². The maximum atomic E-state index is 5.73. The SMILES string of the molecule is CCCCCCOc1ncc(CCl)c(C)n1. The Morgan fingerprint density at radius 1 is 1.31 bits per heavy atom. The molecular formula is C12H19ClN2O. The van der Waals surface area contributed by atoms with E-state index in [1.807, 2.05) is 6.92 Å². The van der Waals surface area contributed by atoms with Crippen LogP contribution in [0.5, 0.6) is 6.01 Å². The van der Waals surface area contributed by atoms with Gasteiger partial charge in [-0.05, 0) is 13.3 Å². The second-order valence-corrected chi connectivity index (χ2v) is 4.07. The van der Waals surface area contributed by atoms with Gasteiger partial charge in [0.25, 0.3) is 0 Å². The van der Waals surface area contributed by atoms with E-state index < -0.39 is 0 Å². The molecule has 90 valence electrons. The van der Waals surface area contributed by atoms with E-state index in [9.17, 15) is 0 Å². The number of halogens is 1. The van der Waals surface area contributed by atoms with Gasteiger partial charge in [-0.15, -0.1) is 11.6 Å². The first-order valence-corrected chi connectivity index (χ1v) is 6.32. The lowest BCUT2D eigenvalue weighted by Crippen LogP contribution is -2.03. The Balaban J connectivity index is 2.34. The second kappa shape index (κ2) is 7.44. The number of ether oxygens (including phenoxy) is 1. The first-order valence-electron chi connectivity index (χ1n) is 5.79. The summed E-state index contributed by atoms with van der Waals surface area (Å²) in [4.78, 5) is 8.35. The minimum absolute atomic E-state index is 0.447. The van der Waals surface area contributed by atoms with Crippen molar-refractivity contribution in [1.82, 2.24) is 9.97 Å². The average molecular weight is 243 g/mol. The summed E-state index contributed by atoms with van der Waals surface area (Å²) in [6.07, 6.45) is 6.49. The first-order chi connectivity index (χ1) is 7.77. The number of aryl methyl sites for hydroxylation is 1. The van der Waals surface area contributed by atoms with E-state index in [1.165, 1.54) is 19.3 Å². The molecule has 0 aliphatic heterocycles. The number of rotatable bonds is 7. The molecule has 1 aromatic heterocycles. The highest BCUT2D eigenvalue weighted by Crippen LogP contribution is 2.11. The van der Waals surface area contributed by atoms with Crippen LogP contribution in [0.25, 0.3) is 0 Å². The van der Waals surface area contributed by atoms with E-state index in [4.69, 9.17) is 16.3 Å². The highest BCUT2D eigenvalue weighted by atomic mass is 35.5. The number of hydrogen-bond acceptors (Lipinski definition) is 3. The van der Waals surface area contributed by atoms with E-state index in [-0.39, 0.29) is 0 Å². The molecule has 0 radical (unpaired) electrons. The smallest absolute Gasteiger partial charge is 0.316 e. The third-order valence-electron chi connectivity index (χ3n) is 2.43. The van der Waals surface area contributed by atoms with Gasteiger partial charge in [0.1, 0.15) is 0 Å². The molecule has 4 heteroatoms. The molecule has 0 atom stereocenters. The molecule has 1 aromatic rings. The van der Waals surface area contributed by atoms with Gasteiger partial charge in [-0.3, -0.25) is 0 Å². The van der Waals surface area contributed by atoms with Crippen LogP contribution in [-0.2, 0) is 5.88 Å². The molecule has 0 bridgehead atoms. The molecule has 0 saturated heterocycles. The van der Waals surface area contributed by atoms with Crippen LogP contribution in [0, 0.1) is 6.92 Å². The third-order valence-corrected chi connectivity index (χ3v) is 2.72. The summed E-state index contributed by atoms with van der Waals surface area (Å²) in [5.74, 6) is 0.447. The van der Waals surface area contributed by atoms with Crippen molar-refractivity contribution >= 4 is 11.6 Å². The van der Waals surface area contributed by atoms with Gasteiger partial charge >= 0.3 is 6.01 Å². The predicted molar refractivity (Wildman–Crippen MR) is 66.0 cm³/mol. The predicted octanol–water partition coefficient (Wildman–Crippen LogP) is 3.48. The molecular weight excluding hydrogens is 224 g/mol. The maximum Gasteiger partial charge on any atom is 0.316 e. The van der Waals surface area contributed by atoms with Gasteiger partial charge in [0.2, 0.25) is 0 Å². The zero-order chi connectivity index (χ0) is 11.8. The van der Waals surface area contributed by atoms with Crippen LogP contribution in [0.4, 0.5) is 0 Å². The summed E-state index contributed by atoms with van der Waals surface area (Å²) in [6.45, 7) is 4.81. The van der Waals surface area contributed by atoms with Crippen LogP contribution in [0.2, 0.25) is 0 Å². The molecule has 0 spiro atoms. The third kappa shape index (κ3) is 4.35. The molecule has 0 fully saturated rings. The lowest BCUT2D eigenvalue weighted by atomic mass is 10.2. The molecule has 0 aromatic carbocycles. The van der Waals surface area contributed by atoms with Gasteiger partial charge in [0.05, 0.1) is 12.5 Å². The fraction of sp³-hybridized carbons (Fsp3) is 0.667. The Morgan fingerprint density at radius 3 is 2.75 bits per heavy atom. The number of nitrogens with zero attached hydrogens (tertiary/aromatic N) is 2. The maximum absolute atomic E-state index is 5.73. The van der Waals surface area contributed by atoms with Gasteiger partial charge in [-0.1, -0.05) is 26.2 Å². The molecule has 16 heavy (non-hydrogen) atoms. The second-order valence-electron chi connectivity index (χ2n) is 3.81. The topological polar surface area (TPSA) is 35.0 Å². The van der Waals surface area contributed by atoms with Crippen molar-refractivity contribution in [3.05, 3.63) is 17.5 Å². The zero-order valence-corrected chi connectivity index (χ0v) is 10.8. The summed E-state index contributed by atoms with van der Waals surface area (Å²) in [5.41, 5.74) is 1.86. The van der Waals surface area contributed by atoms with Crippen LogP contribution < -0.4 is 4.74 Å². The molecule has 0 saturated carbocycles. The molecule has 0 N–H and O–H groups in total. The van der Waals surface area contributed by atoms with Gasteiger partial charge in [-0.25, -0.2) is 9.97 Å². The van der Waals surface area contributed by atoms with Gasteiger partial charge < -0.3 is 4.74 Å². The highest BCUT2D eigenvalue weighted by Gasteiger charge is 2.02. The summed E-state index contributed by atoms with van der Waals surface area (Å²) in [6, 6.07) is 0.461. The molecule has 0 amide bonds. The summed E-state index contributed by atoms with van der Waals surface area (Å²) < 4.78 is 5.47. The lowest BCUT2D eigenvalue weighted by Gasteiger charge is -2.06. The Bertz CT molecular complexity index is 318. The van der Waals surface area contributed by atoms with Crippen LogP contribution in [-0.4, -0.2) is 16.6 Å². The number of aromatic nitrogens is 2. The Morgan fingerprint density at radius 2 is 2.12 bits per heavy atom. The minimum atomic E-state index is 0.447. The van der Waals surface area contributed by atoms with Gasteiger partial charge in [0, 0.05) is 17.5 Å². The number of alkyl halides is 1. The van der Waals surface area contributed by atoms with Crippen molar-refractivity contribution in [2.45, 2.75) is 45.4 Å². The fourth-order valence-electron chi connectivity index (χ4n) is 1.36. The minimum Gasteiger partial charge on any atom is -0.463 e. The average Bonchev–Trinajstić information content (AvgIpc) is 2.29. The Hall–Kier alpha value is -0.830. The van der Waals surface area contributed by atoms with Crippen LogP contribution >= 0.6 is 11.6 Å². The van der Waals surface area contributed by atoms with Crippen molar-refractivity contribution < 1.29 is 4.74 Å². The number of unbranched alkanes of at least 4 members (excludes halogenated alkanes) is 3. The van der Waals surface area contributed by atoms with Gasteiger partial charge in [-0.2, -0.15) is 0 Å². The molecule has 1 rings (SSSR count). The van der Waals surface area contributed by atoms with E-state index in [0.29, 0.717) is 18.5 Å². The van der Waals surface area contributed by atoms with Crippen molar-refractivity contribution in [1.29, 1.82) is 0 Å². The monoisotopic (exact) mass is 242 g/mol. The van der Waals surface area contributed by atoms with Crippen LogP contribution in [0.3, 0.4) is 0 Å². The molecule has 3 nitrogen and oxygen atoms in total. The van der Waals surface area contributed by atoms with E-state index >= 15 is 0 Å². The standard InChI is InChI=1S/C12H19ClN2O/c1-3-4-5-6-7-16-12-14-9-11(8-13)10(2)15-12/h9H,3-8H2,1-2H3.